The summed E-state index contributed by atoms with van der Waals surface area (Å²) in [7, 11) is -3.78. The molecule has 0 radical (unpaired) electrons. The van der Waals surface area contributed by atoms with Gasteiger partial charge in [-0.1, -0.05) is 20.8 Å². The number of sulfonamides is 1. The summed E-state index contributed by atoms with van der Waals surface area (Å²) >= 11 is 4.57. The van der Waals surface area contributed by atoms with E-state index in [-0.39, 0.29) is 15.8 Å². The molecule has 0 aliphatic heterocycles. The molecule has 0 aliphatic carbocycles. The van der Waals surface area contributed by atoms with Crippen molar-refractivity contribution in [3.8, 4) is 5.69 Å². The van der Waals surface area contributed by atoms with Crippen LogP contribution in [0.5, 0.6) is 0 Å². The third kappa shape index (κ3) is 5.79. The molecule has 3 rings (SSSR count). The Kier molecular flexibility index (Phi) is 7.76. The van der Waals surface area contributed by atoms with Gasteiger partial charge in [0, 0.05) is 0 Å². The predicted molar refractivity (Wildman–Crippen MR) is 120 cm³/mol. The molecule has 0 fully saturated rings. The molecule has 0 amide bonds. The van der Waals surface area contributed by atoms with E-state index in [1.807, 2.05) is 37.3 Å². The smallest absolute Gasteiger partial charge is 0.870 e. The van der Waals surface area contributed by atoms with E-state index in [1.165, 1.54) is 0 Å². The van der Waals surface area contributed by atoms with Gasteiger partial charge >= 0.3 is 154 Å². The van der Waals surface area contributed by atoms with E-state index >= 15 is 0 Å². The van der Waals surface area contributed by atoms with Crippen molar-refractivity contribution in [2.24, 2.45) is 0 Å². The average molecular weight is 482 g/mol. The van der Waals surface area contributed by atoms with Gasteiger partial charge in [0.2, 0.25) is 0 Å². The van der Waals surface area contributed by atoms with Crippen molar-refractivity contribution in [2.75, 3.05) is 4.72 Å². The standard InChI is InChI=1S/C23H24N3O2S.Ni.H2O/c1-6-9-18-10-7-8-11-21(18)26-22(16-17(2)24-26)25-29(27,28)20-14-12-19(13-15-20)23(3,4)5;;/h1,6-9,11-16,25H,2-5H3;;1H2/q-1;;/p-1/b9-6-;;. The number of anilines is 1. The van der Waals surface area contributed by atoms with E-state index in [4.69, 9.17) is 0 Å². The van der Waals surface area contributed by atoms with Crippen LogP contribution in [0.4, 0.5) is 5.82 Å². The number of allylic oxidation sites excluding steroid dienone is 1. The topological polar surface area (TPSA) is 94.0 Å². The minimum Gasteiger partial charge on any atom is -0.870 e. The summed E-state index contributed by atoms with van der Waals surface area (Å²) in [6, 6.07) is 17.2. The quantitative estimate of drug-likeness (QED) is 0.420. The van der Waals surface area contributed by atoms with Crippen molar-refractivity contribution in [1.29, 1.82) is 0 Å². The minimum absolute atomic E-state index is 0. The van der Waals surface area contributed by atoms with Crippen molar-refractivity contribution in [3.63, 3.8) is 0 Å². The molecule has 3 aromatic rings. The molecule has 0 saturated carbocycles. The van der Waals surface area contributed by atoms with Crippen molar-refractivity contribution in [3.05, 3.63) is 77.5 Å². The number of aryl methyl sites for hydroxylation is 1. The van der Waals surface area contributed by atoms with Crippen LogP contribution in [0.3, 0.4) is 0 Å². The summed E-state index contributed by atoms with van der Waals surface area (Å²) in [5, 5.41) is 4.48. The van der Waals surface area contributed by atoms with Crippen LogP contribution in [0.2, 0.25) is 0 Å². The number of hydrogen-bond acceptors (Lipinski definition) is 4. The number of benzene rings is 2. The molecular weight excluding hydrogens is 457 g/mol. The molecule has 1 aromatic heterocycles. The zero-order chi connectivity index (χ0) is 21.9. The maximum absolute atomic E-state index is 13.0. The molecular formula is C23H25N3NiO3S-2. The molecule has 0 spiro atoms. The second-order valence-corrected chi connectivity index (χ2v) is 9.91. The molecule has 31 heavy (non-hydrogen) atoms. The Morgan fingerprint density at radius 2 is 1.84 bits per heavy atom. The molecule has 2 aromatic carbocycles. The zero-order valence-corrected chi connectivity index (χ0v) is 19.5. The van der Waals surface area contributed by atoms with Gasteiger partial charge in [-0.25, -0.2) is 0 Å². The molecule has 0 bridgehead atoms. The van der Waals surface area contributed by atoms with Gasteiger partial charge < -0.3 is 5.48 Å². The van der Waals surface area contributed by atoms with Crippen LogP contribution in [-0.2, 0) is 30.5 Å². The third-order valence-electron chi connectivity index (χ3n) is 4.52. The van der Waals surface area contributed by atoms with E-state index in [9.17, 15) is 8.42 Å². The van der Waals surface area contributed by atoms with Crippen molar-refractivity contribution < 1.29 is 28.9 Å². The first-order valence-electron chi connectivity index (χ1n) is 9.39. The first-order valence-corrected chi connectivity index (χ1v) is 11.4. The van der Waals surface area contributed by atoms with Crippen LogP contribution < -0.4 is 4.72 Å². The SMILES string of the molecule is Cc1cc(NS(=O)(=O)c2ccc(C(C)(C)C)cc2)n(-c2ccc[c-]c2/C=C\[CH]=[Ni])n1.[OH-]. The molecule has 0 atom stereocenters. The number of hydrogen-bond donors (Lipinski definition) is 1. The van der Waals surface area contributed by atoms with Crippen LogP contribution in [0.1, 0.15) is 37.6 Å². The average Bonchev–Trinajstić information content (AvgIpc) is 3.05. The van der Waals surface area contributed by atoms with Crippen LogP contribution in [0.15, 0.2) is 59.5 Å². The molecule has 0 unspecified atom stereocenters. The van der Waals surface area contributed by atoms with Crippen LogP contribution in [-0.4, -0.2) is 28.7 Å². The fourth-order valence-electron chi connectivity index (χ4n) is 2.97. The summed E-state index contributed by atoms with van der Waals surface area (Å²) in [4.78, 5) is 1.74. The van der Waals surface area contributed by atoms with E-state index in [0.717, 1.165) is 11.1 Å². The van der Waals surface area contributed by atoms with Crippen LogP contribution >= 0.6 is 0 Å². The van der Waals surface area contributed by atoms with E-state index in [1.54, 1.807) is 40.0 Å². The Labute approximate surface area is 191 Å². The summed E-state index contributed by atoms with van der Waals surface area (Å²) in [6.45, 7) is 8.07. The maximum atomic E-state index is 13.0. The Hall–Kier alpha value is -2.54. The van der Waals surface area contributed by atoms with Crippen molar-refractivity contribution in [1.82, 2.24) is 9.78 Å². The molecule has 1 heterocycles. The molecule has 168 valence electrons. The summed E-state index contributed by atoms with van der Waals surface area (Å²) in [5.41, 5.74) is 3.15. The number of aromatic nitrogens is 2. The largest absolute Gasteiger partial charge is 0.870 e. The first-order chi connectivity index (χ1) is 14.1. The van der Waals surface area contributed by atoms with Crippen molar-refractivity contribution >= 4 is 26.9 Å². The number of rotatable bonds is 6. The van der Waals surface area contributed by atoms with E-state index in [0.29, 0.717) is 17.2 Å². The predicted octanol–water partition coefficient (Wildman–Crippen LogP) is 4.26. The third-order valence-corrected chi connectivity index (χ3v) is 6.08. The fourth-order valence-corrected chi connectivity index (χ4v) is 4.10. The van der Waals surface area contributed by atoms with Gasteiger partial charge in [0.15, 0.2) is 0 Å². The monoisotopic (exact) mass is 481 g/mol. The first kappa shape index (κ1) is 24.7. The molecule has 8 heteroatoms. The fraction of sp³-hybridized carbons (Fsp3) is 0.217. The zero-order valence-electron chi connectivity index (χ0n) is 17.7. The molecule has 6 nitrogen and oxygen atoms in total. The summed E-state index contributed by atoms with van der Waals surface area (Å²) < 4.78 is 30.3. The van der Waals surface area contributed by atoms with Gasteiger partial charge in [0.25, 0.3) is 0 Å². The number of nitrogens with zero attached hydrogens (tertiary/aromatic N) is 2. The Bertz CT molecular complexity index is 1190. The second-order valence-electron chi connectivity index (χ2n) is 7.90. The van der Waals surface area contributed by atoms with E-state index < -0.39 is 10.0 Å². The number of nitrogens with one attached hydrogen (secondary N) is 1. The summed E-state index contributed by atoms with van der Waals surface area (Å²) in [5.74, 6) is 0.354. The minimum atomic E-state index is -3.78. The van der Waals surface area contributed by atoms with Crippen molar-refractivity contribution in [2.45, 2.75) is 38.0 Å². The molecule has 2 N–H and O–H groups in total. The Morgan fingerprint density at radius 3 is 2.45 bits per heavy atom. The van der Waals surface area contributed by atoms with Crippen LogP contribution in [0, 0.1) is 13.0 Å². The van der Waals surface area contributed by atoms with Gasteiger partial charge in [-0.15, -0.1) is 0 Å². The normalized spacial score (nSPS) is 11.9. The molecule has 0 aliphatic rings. The van der Waals surface area contributed by atoms with Crippen LogP contribution in [0.25, 0.3) is 11.8 Å². The van der Waals surface area contributed by atoms with Gasteiger partial charge in [-0.05, 0) is 11.0 Å². The van der Waals surface area contributed by atoms with Gasteiger partial charge in [-0.2, -0.15) is 0 Å². The van der Waals surface area contributed by atoms with Gasteiger partial charge in [-0.3, -0.25) is 0 Å². The Balaban J connectivity index is 0.00000341. The second kappa shape index (κ2) is 9.73. The van der Waals surface area contributed by atoms with Gasteiger partial charge in [0.1, 0.15) is 0 Å². The maximum Gasteiger partial charge on any atom is -0.870 e. The van der Waals surface area contributed by atoms with Gasteiger partial charge in [0.05, 0.1) is 0 Å². The van der Waals surface area contributed by atoms with E-state index in [2.05, 4.69) is 51.7 Å². The Morgan fingerprint density at radius 1 is 1.16 bits per heavy atom. The molecule has 0 saturated heterocycles. The summed E-state index contributed by atoms with van der Waals surface area (Å²) in [6.07, 6.45) is 3.56.